The van der Waals surface area contributed by atoms with Crippen LogP contribution in [0.2, 0.25) is 0 Å². The van der Waals surface area contributed by atoms with Gasteiger partial charge in [-0.25, -0.2) is 9.97 Å². The molecular weight excluding hydrogens is 342 g/mol. The van der Waals surface area contributed by atoms with E-state index < -0.39 is 0 Å². The summed E-state index contributed by atoms with van der Waals surface area (Å²) in [4.78, 5) is 9.12. The minimum Gasteiger partial charge on any atom is -0.374 e. The van der Waals surface area contributed by atoms with Crippen LogP contribution in [0, 0.1) is 0 Å². The lowest BCUT2D eigenvalue weighted by molar-refractivity contribution is -0.0222. The van der Waals surface area contributed by atoms with E-state index in [4.69, 9.17) is 16.3 Å². The van der Waals surface area contributed by atoms with Crippen LogP contribution in [0.4, 0.5) is 0 Å². The molecule has 0 spiro atoms. The number of hydrogen-bond donors (Lipinski definition) is 0. The number of pyridine rings is 1. The topological polar surface area (TPSA) is 39.9 Å². The lowest BCUT2D eigenvalue weighted by Crippen LogP contribution is -2.31. The van der Waals surface area contributed by atoms with Gasteiger partial charge < -0.3 is 9.30 Å². The molecule has 0 aliphatic heterocycles. The van der Waals surface area contributed by atoms with Crippen molar-refractivity contribution in [3.05, 3.63) is 22.6 Å². The normalized spacial score (nSPS) is 12.2. The SMILES string of the molecule is CCOC(C)(C)Cn1c(CCCl)nc2cc(Br)cnc21. The van der Waals surface area contributed by atoms with Crippen LogP contribution in [0.5, 0.6) is 0 Å². The molecule has 110 valence electrons. The van der Waals surface area contributed by atoms with E-state index in [0.717, 1.165) is 27.9 Å². The Balaban J connectivity index is 2.45. The third-order valence-electron chi connectivity index (χ3n) is 3.02. The van der Waals surface area contributed by atoms with Gasteiger partial charge >= 0.3 is 0 Å². The van der Waals surface area contributed by atoms with Gasteiger partial charge in [-0.15, -0.1) is 11.6 Å². The van der Waals surface area contributed by atoms with E-state index in [1.807, 2.05) is 13.0 Å². The van der Waals surface area contributed by atoms with Crippen LogP contribution in [0.25, 0.3) is 11.2 Å². The molecule has 0 radical (unpaired) electrons. The van der Waals surface area contributed by atoms with E-state index in [9.17, 15) is 0 Å². The zero-order chi connectivity index (χ0) is 14.8. The second kappa shape index (κ2) is 6.41. The third-order valence-corrected chi connectivity index (χ3v) is 3.65. The second-order valence-electron chi connectivity index (χ2n) is 5.24. The molecule has 0 amide bonds. The Hall–Kier alpha value is -0.650. The molecule has 2 rings (SSSR count). The van der Waals surface area contributed by atoms with Crippen molar-refractivity contribution in [2.24, 2.45) is 0 Å². The first-order valence-corrected chi connectivity index (χ1v) is 8.00. The smallest absolute Gasteiger partial charge is 0.160 e. The summed E-state index contributed by atoms with van der Waals surface area (Å²) in [6, 6.07) is 1.98. The molecule has 0 aromatic carbocycles. The zero-order valence-corrected chi connectivity index (χ0v) is 14.3. The molecule has 0 unspecified atom stereocenters. The summed E-state index contributed by atoms with van der Waals surface area (Å²) in [5.74, 6) is 1.49. The quantitative estimate of drug-likeness (QED) is 0.736. The fourth-order valence-electron chi connectivity index (χ4n) is 2.29. The van der Waals surface area contributed by atoms with Crippen molar-refractivity contribution < 1.29 is 4.74 Å². The fraction of sp³-hybridized carbons (Fsp3) is 0.571. The minimum absolute atomic E-state index is 0.266. The lowest BCUT2D eigenvalue weighted by Gasteiger charge is -2.26. The first kappa shape index (κ1) is 15.7. The third kappa shape index (κ3) is 3.51. The maximum absolute atomic E-state index is 5.89. The molecule has 0 bridgehead atoms. The predicted molar refractivity (Wildman–Crippen MR) is 85.4 cm³/mol. The zero-order valence-electron chi connectivity index (χ0n) is 12.0. The van der Waals surface area contributed by atoms with Gasteiger partial charge in [0.1, 0.15) is 11.3 Å². The van der Waals surface area contributed by atoms with Crippen molar-refractivity contribution in [3.63, 3.8) is 0 Å². The van der Waals surface area contributed by atoms with E-state index in [0.29, 0.717) is 19.0 Å². The highest BCUT2D eigenvalue weighted by Crippen LogP contribution is 2.22. The summed E-state index contributed by atoms with van der Waals surface area (Å²) < 4.78 is 8.83. The summed E-state index contributed by atoms with van der Waals surface area (Å²) in [7, 11) is 0. The van der Waals surface area contributed by atoms with Crippen molar-refractivity contribution >= 4 is 38.7 Å². The van der Waals surface area contributed by atoms with Crippen molar-refractivity contribution in [1.82, 2.24) is 14.5 Å². The highest BCUT2D eigenvalue weighted by molar-refractivity contribution is 9.10. The number of imidazole rings is 1. The molecule has 2 heterocycles. The van der Waals surface area contributed by atoms with Gasteiger partial charge in [0.2, 0.25) is 0 Å². The van der Waals surface area contributed by atoms with E-state index >= 15 is 0 Å². The molecule has 6 heteroatoms. The van der Waals surface area contributed by atoms with Crippen LogP contribution in [0.15, 0.2) is 16.7 Å². The summed E-state index contributed by atoms with van der Waals surface area (Å²) in [6.45, 7) is 7.54. The number of hydrogen-bond acceptors (Lipinski definition) is 3. The van der Waals surface area contributed by atoms with E-state index in [1.54, 1.807) is 6.20 Å². The number of fused-ring (bicyclic) bond motifs is 1. The largest absolute Gasteiger partial charge is 0.374 e. The lowest BCUT2D eigenvalue weighted by atomic mass is 10.1. The summed E-state index contributed by atoms with van der Waals surface area (Å²) in [6.07, 6.45) is 2.51. The number of aryl methyl sites for hydroxylation is 1. The van der Waals surface area contributed by atoms with Crippen LogP contribution in [-0.2, 0) is 17.7 Å². The number of rotatable bonds is 6. The summed E-state index contributed by atoms with van der Waals surface area (Å²) in [5.41, 5.74) is 1.49. The Morgan fingerprint density at radius 1 is 1.45 bits per heavy atom. The average molecular weight is 361 g/mol. The Morgan fingerprint density at radius 2 is 2.20 bits per heavy atom. The molecule has 20 heavy (non-hydrogen) atoms. The molecule has 4 nitrogen and oxygen atoms in total. The van der Waals surface area contributed by atoms with Gasteiger partial charge in [0.05, 0.1) is 12.1 Å². The van der Waals surface area contributed by atoms with Crippen LogP contribution in [0.3, 0.4) is 0 Å². The number of aromatic nitrogens is 3. The molecule has 0 saturated heterocycles. The van der Waals surface area contributed by atoms with Gasteiger partial charge in [0, 0.05) is 29.6 Å². The molecule has 0 aliphatic carbocycles. The number of nitrogens with zero attached hydrogens (tertiary/aromatic N) is 3. The van der Waals surface area contributed by atoms with Crippen LogP contribution in [0.1, 0.15) is 26.6 Å². The van der Waals surface area contributed by atoms with Crippen LogP contribution >= 0.6 is 27.5 Å². The Bertz CT molecular complexity index is 597. The monoisotopic (exact) mass is 359 g/mol. The maximum Gasteiger partial charge on any atom is 0.160 e. The van der Waals surface area contributed by atoms with E-state index in [1.165, 1.54) is 0 Å². The number of ether oxygens (including phenoxy) is 1. The highest BCUT2D eigenvalue weighted by Gasteiger charge is 2.22. The Labute approximate surface area is 132 Å². The molecule has 0 N–H and O–H groups in total. The first-order valence-electron chi connectivity index (χ1n) is 6.67. The van der Waals surface area contributed by atoms with Gasteiger partial charge in [-0.3, -0.25) is 0 Å². The molecule has 0 atom stereocenters. The number of alkyl halides is 1. The van der Waals surface area contributed by atoms with Crippen molar-refractivity contribution in [3.8, 4) is 0 Å². The molecule has 0 aliphatic rings. The average Bonchev–Trinajstić information content (AvgIpc) is 2.66. The summed E-state index contributed by atoms with van der Waals surface area (Å²) in [5, 5.41) is 0. The van der Waals surface area contributed by atoms with Crippen molar-refractivity contribution in [2.45, 2.75) is 39.3 Å². The molecule has 0 saturated carbocycles. The molecule has 0 fully saturated rings. The van der Waals surface area contributed by atoms with Crippen molar-refractivity contribution in [1.29, 1.82) is 0 Å². The summed E-state index contributed by atoms with van der Waals surface area (Å²) >= 11 is 9.31. The van der Waals surface area contributed by atoms with Gasteiger partial charge in [0.15, 0.2) is 5.65 Å². The fourth-order valence-corrected chi connectivity index (χ4v) is 2.78. The van der Waals surface area contributed by atoms with Crippen LogP contribution < -0.4 is 0 Å². The highest BCUT2D eigenvalue weighted by atomic mass is 79.9. The predicted octanol–water partition coefficient (Wildman–Crippen LogP) is 3.79. The first-order chi connectivity index (χ1) is 9.46. The molecular formula is C14H19BrClN3O. The minimum atomic E-state index is -0.266. The Morgan fingerprint density at radius 3 is 2.85 bits per heavy atom. The molecule has 2 aromatic heterocycles. The maximum atomic E-state index is 5.89. The van der Waals surface area contributed by atoms with Gasteiger partial charge in [-0.05, 0) is 42.8 Å². The standard InChI is InChI=1S/C14H19BrClN3O/c1-4-20-14(2,3)9-19-12(5-6-16)18-11-7-10(15)8-17-13(11)19/h7-8H,4-6,9H2,1-3H3. The van der Waals surface area contributed by atoms with E-state index in [-0.39, 0.29) is 5.60 Å². The van der Waals surface area contributed by atoms with Crippen LogP contribution in [-0.4, -0.2) is 32.6 Å². The van der Waals surface area contributed by atoms with Gasteiger partial charge in [0.25, 0.3) is 0 Å². The van der Waals surface area contributed by atoms with Crippen molar-refractivity contribution in [2.75, 3.05) is 12.5 Å². The van der Waals surface area contributed by atoms with E-state index in [2.05, 4.69) is 44.3 Å². The second-order valence-corrected chi connectivity index (χ2v) is 6.54. The Kier molecular flexibility index (Phi) is 5.04. The van der Waals surface area contributed by atoms with Gasteiger partial charge in [-0.2, -0.15) is 0 Å². The van der Waals surface area contributed by atoms with Gasteiger partial charge in [-0.1, -0.05) is 0 Å². The molecule has 2 aromatic rings. The number of halogens is 2.